The van der Waals surface area contributed by atoms with Crippen LogP contribution in [0.15, 0.2) is 21.9 Å². The summed E-state index contributed by atoms with van der Waals surface area (Å²) in [4.78, 5) is 6.95. The van der Waals surface area contributed by atoms with E-state index in [-0.39, 0.29) is 5.69 Å². The van der Waals surface area contributed by atoms with Crippen molar-refractivity contribution >= 4 is 27.2 Å². The number of sulfonamides is 1. The molecule has 0 atom stereocenters. The zero-order valence-corrected chi connectivity index (χ0v) is 13.5. The van der Waals surface area contributed by atoms with Crippen molar-refractivity contribution in [3.8, 4) is 16.8 Å². The Morgan fingerprint density at radius 3 is 2.64 bits per heavy atom. The van der Waals surface area contributed by atoms with Gasteiger partial charge in [0.25, 0.3) is 0 Å². The summed E-state index contributed by atoms with van der Waals surface area (Å²) < 4.78 is 30.2. The molecule has 1 fully saturated rings. The fourth-order valence-corrected chi connectivity index (χ4v) is 3.80. The zero-order chi connectivity index (χ0) is 15.7. The fourth-order valence-electron chi connectivity index (χ4n) is 2.33. The van der Waals surface area contributed by atoms with Crippen molar-refractivity contribution in [2.24, 2.45) is 0 Å². The molecule has 1 aliphatic rings. The third-order valence-corrected chi connectivity index (χ3v) is 5.60. The van der Waals surface area contributed by atoms with Gasteiger partial charge in [0.1, 0.15) is 6.07 Å². The number of hydrogen-bond acceptors (Lipinski definition) is 7. The highest BCUT2D eigenvalue weighted by atomic mass is 32.2. The van der Waals surface area contributed by atoms with Gasteiger partial charge in [-0.2, -0.15) is 14.6 Å². The van der Waals surface area contributed by atoms with Crippen LogP contribution in [0.1, 0.15) is 5.69 Å². The summed E-state index contributed by atoms with van der Waals surface area (Å²) in [5.41, 5.74) is 0.233. The quantitative estimate of drug-likeness (QED) is 0.839. The van der Waals surface area contributed by atoms with Gasteiger partial charge in [-0.3, -0.25) is 0 Å². The molecule has 0 N–H and O–H groups in total. The number of nitrogens with zero attached hydrogens (tertiary/aromatic N) is 4. The minimum Gasteiger partial charge on any atom is -0.418 e. The van der Waals surface area contributed by atoms with Crippen LogP contribution in [-0.4, -0.2) is 50.1 Å². The number of nitriles is 1. The number of rotatable bonds is 3. The summed E-state index contributed by atoms with van der Waals surface area (Å²) in [6.45, 7) is 1.69. The van der Waals surface area contributed by atoms with E-state index in [1.54, 1.807) is 0 Å². The first-order valence-corrected chi connectivity index (χ1v) is 9.36. The Balaban J connectivity index is 1.83. The third kappa shape index (κ3) is 2.85. The molecule has 0 aromatic carbocycles. The molecule has 0 spiro atoms. The molecule has 9 heteroatoms. The van der Waals surface area contributed by atoms with E-state index in [2.05, 4.69) is 4.98 Å². The van der Waals surface area contributed by atoms with Gasteiger partial charge in [0.05, 0.1) is 11.1 Å². The van der Waals surface area contributed by atoms with Crippen LogP contribution in [0.25, 0.3) is 10.8 Å². The smallest absolute Gasteiger partial charge is 0.240 e. The maximum atomic E-state index is 11.5. The average Bonchev–Trinajstić information content (AvgIpc) is 3.15. The van der Waals surface area contributed by atoms with E-state index in [0.717, 1.165) is 4.88 Å². The zero-order valence-electron chi connectivity index (χ0n) is 11.9. The van der Waals surface area contributed by atoms with Gasteiger partial charge in [-0.25, -0.2) is 8.42 Å². The molecule has 0 amide bonds. The summed E-state index contributed by atoms with van der Waals surface area (Å²) >= 11 is 1.49. The molecule has 0 bridgehead atoms. The number of oxazole rings is 1. The Hall–Kier alpha value is -1.89. The van der Waals surface area contributed by atoms with Crippen molar-refractivity contribution in [3.05, 3.63) is 23.2 Å². The number of thiophene rings is 1. The van der Waals surface area contributed by atoms with Gasteiger partial charge in [-0.05, 0) is 11.4 Å². The number of piperazine rings is 1. The van der Waals surface area contributed by atoms with Crippen molar-refractivity contribution in [3.63, 3.8) is 0 Å². The largest absolute Gasteiger partial charge is 0.418 e. The third-order valence-electron chi connectivity index (χ3n) is 3.44. The molecule has 1 saturated heterocycles. The lowest BCUT2D eigenvalue weighted by atomic mass is 10.3. The van der Waals surface area contributed by atoms with E-state index < -0.39 is 10.0 Å². The van der Waals surface area contributed by atoms with Crippen molar-refractivity contribution in [1.29, 1.82) is 5.26 Å². The summed E-state index contributed by atoms with van der Waals surface area (Å²) in [7, 11) is -3.18. The first-order chi connectivity index (χ1) is 10.5. The molecule has 3 heterocycles. The number of hydrogen-bond donors (Lipinski definition) is 0. The highest BCUT2D eigenvalue weighted by Crippen LogP contribution is 2.31. The second kappa shape index (κ2) is 5.72. The first-order valence-electron chi connectivity index (χ1n) is 6.64. The van der Waals surface area contributed by atoms with E-state index in [1.165, 1.54) is 21.9 Å². The molecule has 1 aliphatic heterocycles. The molecule has 0 aliphatic carbocycles. The van der Waals surface area contributed by atoms with Crippen LogP contribution in [0.2, 0.25) is 0 Å². The fraction of sp³-hybridized carbons (Fsp3) is 0.385. The Morgan fingerprint density at radius 2 is 2.09 bits per heavy atom. The van der Waals surface area contributed by atoms with Gasteiger partial charge in [0.2, 0.25) is 27.5 Å². The lowest BCUT2D eigenvalue weighted by molar-refractivity contribution is 0.377. The average molecular weight is 338 g/mol. The summed E-state index contributed by atoms with van der Waals surface area (Å²) in [5.74, 6) is 0.839. The van der Waals surface area contributed by atoms with Gasteiger partial charge in [-0.15, -0.1) is 11.3 Å². The van der Waals surface area contributed by atoms with Crippen LogP contribution >= 0.6 is 11.3 Å². The van der Waals surface area contributed by atoms with Gasteiger partial charge in [-0.1, -0.05) is 6.07 Å². The van der Waals surface area contributed by atoms with E-state index in [1.807, 2.05) is 28.5 Å². The Morgan fingerprint density at radius 1 is 1.36 bits per heavy atom. The van der Waals surface area contributed by atoms with Crippen LogP contribution in [-0.2, 0) is 10.0 Å². The second-order valence-corrected chi connectivity index (χ2v) is 7.84. The monoisotopic (exact) mass is 338 g/mol. The van der Waals surface area contributed by atoms with E-state index in [0.29, 0.717) is 38.0 Å². The highest BCUT2D eigenvalue weighted by molar-refractivity contribution is 7.88. The van der Waals surface area contributed by atoms with Gasteiger partial charge >= 0.3 is 0 Å². The topological polar surface area (TPSA) is 90.4 Å². The summed E-state index contributed by atoms with van der Waals surface area (Å²) in [5, 5.41) is 11.2. The van der Waals surface area contributed by atoms with Crippen LogP contribution in [0, 0.1) is 11.3 Å². The molecule has 2 aromatic heterocycles. The Bertz CT molecular complexity index is 797. The van der Waals surface area contributed by atoms with E-state index in [4.69, 9.17) is 4.42 Å². The maximum absolute atomic E-state index is 11.5. The molecular weight excluding hydrogens is 324 g/mol. The van der Waals surface area contributed by atoms with Gasteiger partial charge in [0.15, 0.2) is 0 Å². The van der Waals surface area contributed by atoms with Gasteiger partial charge < -0.3 is 9.32 Å². The minimum absolute atomic E-state index is 0.233. The SMILES string of the molecule is CS(=O)(=O)N1CCN(c2oc(-c3cccs3)nc2C#N)CC1. The molecule has 3 rings (SSSR count). The lowest BCUT2D eigenvalue weighted by Gasteiger charge is -2.32. The van der Waals surface area contributed by atoms with Gasteiger partial charge in [0, 0.05) is 26.2 Å². The maximum Gasteiger partial charge on any atom is 0.240 e. The highest BCUT2D eigenvalue weighted by Gasteiger charge is 2.28. The molecule has 116 valence electrons. The number of aromatic nitrogens is 1. The predicted octanol–water partition coefficient (Wildman–Crippen LogP) is 1.36. The van der Waals surface area contributed by atoms with Crippen molar-refractivity contribution < 1.29 is 12.8 Å². The van der Waals surface area contributed by atoms with Crippen LogP contribution in [0.5, 0.6) is 0 Å². The standard InChI is InChI=1S/C13H14N4O3S2/c1-22(18,19)17-6-4-16(5-7-17)13-10(9-14)15-12(20-13)11-3-2-8-21-11/h2-3,8H,4-7H2,1H3. The number of anilines is 1. The summed E-state index contributed by atoms with van der Waals surface area (Å²) in [6, 6.07) is 5.81. The Labute approximate surface area is 132 Å². The van der Waals surface area contributed by atoms with Crippen LogP contribution in [0.4, 0.5) is 5.88 Å². The first kappa shape index (κ1) is 15.0. The molecule has 7 nitrogen and oxygen atoms in total. The molecule has 2 aromatic rings. The molecular formula is C13H14N4O3S2. The molecule has 0 unspecified atom stereocenters. The summed E-state index contributed by atoms with van der Waals surface area (Å²) in [6.07, 6.45) is 1.20. The lowest BCUT2D eigenvalue weighted by Crippen LogP contribution is -2.48. The van der Waals surface area contributed by atoms with E-state index >= 15 is 0 Å². The minimum atomic E-state index is -3.18. The predicted molar refractivity (Wildman–Crippen MR) is 83.2 cm³/mol. The molecule has 0 saturated carbocycles. The Kier molecular flexibility index (Phi) is 3.90. The van der Waals surface area contributed by atoms with E-state index in [9.17, 15) is 13.7 Å². The van der Waals surface area contributed by atoms with Crippen LogP contribution in [0.3, 0.4) is 0 Å². The van der Waals surface area contributed by atoms with Crippen LogP contribution < -0.4 is 4.90 Å². The normalized spacial score (nSPS) is 16.6. The molecule has 0 radical (unpaired) electrons. The second-order valence-electron chi connectivity index (χ2n) is 4.91. The molecule has 22 heavy (non-hydrogen) atoms. The van der Waals surface area contributed by atoms with Crippen molar-refractivity contribution in [2.45, 2.75) is 0 Å². The van der Waals surface area contributed by atoms with Crippen molar-refractivity contribution in [2.75, 3.05) is 37.3 Å². The van der Waals surface area contributed by atoms with Crippen molar-refractivity contribution in [1.82, 2.24) is 9.29 Å².